The van der Waals surface area contributed by atoms with Gasteiger partial charge < -0.3 is 9.47 Å². The smallest absolute Gasteiger partial charge is 0.344 e. The SMILES string of the molecule is CCCCOC(=O)COc1cc(C(C)C)ccc1C. The number of esters is 1. The van der Waals surface area contributed by atoms with Crippen molar-refractivity contribution in [1.29, 1.82) is 0 Å². The van der Waals surface area contributed by atoms with E-state index in [9.17, 15) is 4.79 Å². The van der Waals surface area contributed by atoms with Gasteiger partial charge >= 0.3 is 5.97 Å². The molecule has 0 saturated heterocycles. The average molecular weight is 264 g/mol. The Hall–Kier alpha value is -1.51. The summed E-state index contributed by atoms with van der Waals surface area (Å²) in [6, 6.07) is 6.11. The van der Waals surface area contributed by atoms with E-state index < -0.39 is 0 Å². The maximum atomic E-state index is 11.5. The number of rotatable bonds is 7. The first kappa shape index (κ1) is 15.5. The van der Waals surface area contributed by atoms with Crippen LogP contribution in [0.4, 0.5) is 0 Å². The Kier molecular flexibility index (Phi) is 6.40. The number of carbonyl (C=O) groups is 1. The third-order valence-corrected chi connectivity index (χ3v) is 2.99. The molecule has 0 amide bonds. The topological polar surface area (TPSA) is 35.5 Å². The summed E-state index contributed by atoms with van der Waals surface area (Å²) in [5, 5.41) is 0. The molecule has 0 fully saturated rings. The molecular formula is C16H24O3. The highest BCUT2D eigenvalue weighted by Crippen LogP contribution is 2.24. The molecule has 0 aromatic heterocycles. The molecule has 0 unspecified atom stereocenters. The Morgan fingerprint density at radius 2 is 2.05 bits per heavy atom. The van der Waals surface area contributed by atoms with Crippen LogP contribution < -0.4 is 4.74 Å². The van der Waals surface area contributed by atoms with Crippen LogP contribution in [0, 0.1) is 6.92 Å². The number of hydrogen-bond donors (Lipinski definition) is 0. The van der Waals surface area contributed by atoms with Gasteiger partial charge in [0.05, 0.1) is 6.61 Å². The Bertz CT molecular complexity index is 410. The maximum absolute atomic E-state index is 11.5. The lowest BCUT2D eigenvalue weighted by molar-refractivity contribution is -0.146. The molecule has 106 valence electrons. The van der Waals surface area contributed by atoms with Crippen molar-refractivity contribution in [2.24, 2.45) is 0 Å². The molecule has 0 atom stereocenters. The standard InChI is InChI=1S/C16H24O3/c1-5-6-9-18-16(17)11-19-15-10-14(12(2)3)8-7-13(15)4/h7-8,10,12H,5-6,9,11H2,1-4H3. The summed E-state index contributed by atoms with van der Waals surface area (Å²) < 4.78 is 10.6. The molecule has 1 rings (SSSR count). The van der Waals surface area contributed by atoms with Crippen molar-refractivity contribution in [2.45, 2.75) is 46.5 Å². The molecule has 3 nitrogen and oxygen atoms in total. The minimum absolute atomic E-state index is 0.0217. The summed E-state index contributed by atoms with van der Waals surface area (Å²) in [6.07, 6.45) is 1.91. The van der Waals surface area contributed by atoms with Crippen LogP contribution >= 0.6 is 0 Å². The van der Waals surface area contributed by atoms with Gasteiger partial charge in [-0.1, -0.05) is 39.3 Å². The monoisotopic (exact) mass is 264 g/mol. The summed E-state index contributed by atoms with van der Waals surface area (Å²) in [6.45, 7) is 8.75. The van der Waals surface area contributed by atoms with Crippen LogP contribution in [0.15, 0.2) is 18.2 Å². The van der Waals surface area contributed by atoms with Gasteiger partial charge in [-0.05, 0) is 36.5 Å². The molecule has 0 bridgehead atoms. The van der Waals surface area contributed by atoms with Gasteiger partial charge in [-0.25, -0.2) is 4.79 Å². The number of ether oxygens (including phenoxy) is 2. The number of aryl methyl sites for hydroxylation is 1. The lowest BCUT2D eigenvalue weighted by Gasteiger charge is -2.12. The van der Waals surface area contributed by atoms with Crippen molar-refractivity contribution in [3.05, 3.63) is 29.3 Å². The molecule has 0 N–H and O–H groups in total. The Balaban J connectivity index is 2.52. The summed E-state index contributed by atoms with van der Waals surface area (Å²) in [4.78, 5) is 11.5. The fraction of sp³-hybridized carbons (Fsp3) is 0.562. The molecule has 19 heavy (non-hydrogen) atoms. The van der Waals surface area contributed by atoms with E-state index >= 15 is 0 Å². The van der Waals surface area contributed by atoms with Gasteiger partial charge in [-0.3, -0.25) is 0 Å². The van der Waals surface area contributed by atoms with Gasteiger partial charge in [0.25, 0.3) is 0 Å². The van der Waals surface area contributed by atoms with Crippen LogP contribution in [0.1, 0.15) is 50.7 Å². The van der Waals surface area contributed by atoms with E-state index in [2.05, 4.69) is 26.8 Å². The molecule has 0 aliphatic heterocycles. The highest BCUT2D eigenvalue weighted by molar-refractivity contribution is 5.71. The van der Waals surface area contributed by atoms with E-state index in [1.54, 1.807) is 0 Å². The van der Waals surface area contributed by atoms with E-state index in [-0.39, 0.29) is 12.6 Å². The number of benzene rings is 1. The van der Waals surface area contributed by atoms with Crippen molar-refractivity contribution in [1.82, 2.24) is 0 Å². The van der Waals surface area contributed by atoms with Crippen LogP contribution in [-0.4, -0.2) is 19.2 Å². The van der Waals surface area contributed by atoms with Gasteiger partial charge in [-0.15, -0.1) is 0 Å². The summed E-state index contributed by atoms with van der Waals surface area (Å²) in [5.41, 5.74) is 2.24. The molecule has 0 saturated carbocycles. The molecule has 0 aliphatic carbocycles. The van der Waals surface area contributed by atoms with Gasteiger partial charge in [0.2, 0.25) is 0 Å². The van der Waals surface area contributed by atoms with E-state index in [0.29, 0.717) is 12.5 Å². The summed E-state index contributed by atoms with van der Waals surface area (Å²) in [5.74, 6) is 0.904. The maximum Gasteiger partial charge on any atom is 0.344 e. The van der Waals surface area contributed by atoms with Gasteiger partial charge in [0.1, 0.15) is 5.75 Å². The quantitative estimate of drug-likeness (QED) is 0.554. The zero-order valence-electron chi connectivity index (χ0n) is 12.4. The molecule has 0 spiro atoms. The molecule has 0 radical (unpaired) electrons. The summed E-state index contributed by atoms with van der Waals surface area (Å²) >= 11 is 0. The van der Waals surface area contributed by atoms with Crippen molar-refractivity contribution >= 4 is 5.97 Å². The lowest BCUT2D eigenvalue weighted by atomic mass is 10.0. The number of unbranched alkanes of at least 4 members (excludes halogenated alkanes) is 1. The van der Waals surface area contributed by atoms with Crippen molar-refractivity contribution in [3.8, 4) is 5.75 Å². The summed E-state index contributed by atoms with van der Waals surface area (Å²) in [7, 11) is 0. The first-order chi connectivity index (χ1) is 9.04. The van der Waals surface area contributed by atoms with E-state index in [1.807, 2.05) is 19.1 Å². The predicted molar refractivity (Wildman–Crippen MR) is 76.6 cm³/mol. The number of hydrogen-bond acceptors (Lipinski definition) is 3. The van der Waals surface area contributed by atoms with Gasteiger partial charge in [0.15, 0.2) is 6.61 Å². The van der Waals surface area contributed by atoms with Crippen molar-refractivity contribution in [2.75, 3.05) is 13.2 Å². The number of carbonyl (C=O) groups excluding carboxylic acids is 1. The predicted octanol–water partition coefficient (Wildman–Crippen LogP) is 3.84. The van der Waals surface area contributed by atoms with Crippen LogP contribution in [0.2, 0.25) is 0 Å². The van der Waals surface area contributed by atoms with E-state index in [4.69, 9.17) is 9.47 Å². The zero-order valence-corrected chi connectivity index (χ0v) is 12.4. The first-order valence-corrected chi connectivity index (χ1v) is 6.93. The lowest BCUT2D eigenvalue weighted by Crippen LogP contribution is -2.16. The second-order valence-corrected chi connectivity index (χ2v) is 5.04. The fourth-order valence-electron chi connectivity index (χ4n) is 1.64. The average Bonchev–Trinajstić information content (AvgIpc) is 2.37. The van der Waals surface area contributed by atoms with Crippen molar-refractivity contribution < 1.29 is 14.3 Å². The molecule has 0 heterocycles. The van der Waals surface area contributed by atoms with Crippen LogP contribution in [0.3, 0.4) is 0 Å². The molecular weight excluding hydrogens is 240 g/mol. The third kappa shape index (κ3) is 5.33. The van der Waals surface area contributed by atoms with Crippen LogP contribution in [-0.2, 0) is 9.53 Å². The first-order valence-electron chi connectivity index (χ1n) is 6.93. The second kappa shape index (κ2) is 7.82. The third-order valence-electron chi connectivity index (χ3n) is 2.99. The van der Waals surface area contributed by atoms with Gasteiger partial charge in [-0.2, -0.15) is 0 Å². The molecule has 1 aromatic rings. The second-order valence-electron chi connectivity index (χ2n) is 5.04. The molecule has 1 aromatic carbocycles. The molecule has 3 heteroatoms. The highest BCUT2D eigenvalue weighted by atomic mass is 16.6. The van der Waals surface area contributed by atoms with Crippen LogP contribution in [0.5, 0.6) is 5.75 Å². The van der Waals surface area contributed by atoms with Crippen molar-refractivity contribution in [3.63, 3.8) is 0 Å². The van der Waals surface area contributed by atoms with E-state index in [1.165, 1.54) is 5.56 Å². The fourth-order valence-corrected chi connectivity index (χ4v) is 1.64. The van der Waals surface area contributed by atoms with Gasteiger partial charge in [0, 0.05) is 0 Å². The van der Waals surface area contributed by atoms with E-state index in [0.717, 1.165) is 24.2 Å². The normalized spacial score (nSPS) is 10.6. The highest BCUT2D eigenvalue weighted by Gasteiger charge is 2.08. The Morgan fingerprint density at radius 1 is 1.32 bits per heavy atom. The zero-order chi connectivity index (χ0) is 14.3. The Morgan fingerprint density at radius 3 is 2.68 bits per heavy atom. The largest absolute Gasteiger partial charge is 0.482 e. The Labute approximate surface area is 115 Å². The molecule has 0 aliphatic rings. The minimum atomic E-state index is -0.303. The minimum Gasteiger partial charge on any atom is -0.482 e. The van der Waals surface area contributed by atoms with Crippen LogP contribution in [0.25, 0.3) is 0 Å².